The van der Waals surface area contributed by atoms with Gasteiger partial charge in [0.2, 0.25) is 5.91 Å². The van der Waals surface area contributed by atoms with Gasteiger partial charge in [0, 0.05) is 17.6 Å². The summed E-state index contributed by atoms with van der Waals surface area (Å²) in [6.07, 6.45) is 0. The number of aromatic nitrogens is 4. The quantitative estimate of drug-likeness (QED) is 0.739. The maximum Gasteiger partial charge on any atom is 0.224 e. The number of carbonyl (C=O) groups is 1. The van der Waals surface area contributed by atoms with Crippen LogP contribution in [0.4, 0.5) is 0 Å². The van der Waals surface area contributed by atoms with Crippen molar-refractivity contribution < 1.29 is 4.79 Å². The van der Waals surface area contributed by atoms with Crippen LogP contribution in [-0.4, -0.2) is 25.7 Å². The summed E-state index contributed by atoms with van der Waals surface area (Å²) in [4.78, 5) is 20.3. The van der Waals surface area contributed by atoms with Gasteiger partial charge >= 0.3 is 0 Å². The highest BCUT2D eigenvalue weighted by atomic mass is 16.1. The van der Waals surface area contributed by atoms with E-state index < -0.39 is 0 Å². The molecule has 0 spiro atoms. The average Bonchev–Trinajstić information content (AvgIpc) is 3.04. The molecule has 1 amide bonds. The van der Waals surface area contributed by atoms with E-state index in [0.29, 0.717) is 13.1 Å². The van der Waals surface area contributed by atoms with Crippen LogP contribution in [-0.2, 0) is 17.9 Å². The van der Waals surface area contributed by atoms with Gasteiger partial charge in [-0.25, -0.2) is 9.67 Å². The van der Waals surface area contributed by atoms with Gasteiger partial charge in [0.25, 0.3) is 0 Å². The zero-order chi connectivity index (χ0) is 19.0. The van der Waals surface area contributed by atoms with E-state index >= 15 is 0 Å². The van der Waals surface area contributed by atoms with Gasteiger partial charge in [-0.2, -0.15) is 5.10 Å². The number of hydrogen-bond donors (Lipinski definition) is 2. The molecule has 2 heterocycles. The Morgan fingerprint density at radius 2 is 1.96 bits per heavy atom. The number of nitrogens with zero attached hydrogens (tertiary/aromatic N) is 3. The van der Waals surface area contributed by atoms with Crippen LogP contribution in [0.3, 0.4) is 0 Å². The first-order chi connectivity index (χ1) is 12.3. The molecule has 0 aliphatic heterocycles. The van der Waals surface area contributed by atoms with Crippen LogP contribution in [0.1, 0.15) is 41.0 Å². The Morgan fingerprint density at radius 1 is 1.23 bits per heavy atom. The maximum absolute atomic E-state index is 12.5. The van der Waals surface area contributed by atoms with Crippen molar-refractivity contribution in [1.82, 2.24) is 25.1 Å². The lowest BCUT2D eigenvalue weighted by Crippen LogP contribution is -2.31. The normalized spacial score (nSPS) is 12.5. The summed E-state index contributed by atoms with van der Waals surface area (Å²) in [6, 6.07) is 4.32. The van der Waals surface area contributed by atoms with Crippen molar-refractivity contribution in [3.05, 3.63) is 46.2 Å². The molecule has 1 unspecified atom stereocenters. The summed E-state index contributed by atoms with van der Waals surface area (Å²) in [5.74, 6) is 1.41. The molecule has 2 aromatic heterocycles. The lowest BCUT2D eigenvalue weighted by atomic mass is 10.0. The molecule has 26 heavy (non-hydrogen) atoms. The highest BCUT2D eigenvalue weighted by Gasteiger charge is 2.17. The minimum Gasteiger partial charge on any atom is -0.358 e. The molecule has 1 atom stereocenters. The Morgan fingerprint density at radius 3 is 2.62 bits per heavy atom. The second-order valence-corrected chi connectivity index (χ2v) is 7.23. The molecular weight excluding hydrogens is 326 g/mol. The van der Waals surface area contributed by atoms with Gasteiger partial charge in [0.05, 0.1) is 18.0 Å². The van der Waals surface area contributed by atoms with Crippen molar-refractivity contribution in [1.29, 1.82) is 0 Å². The van der Waals surface area contributed by atoms with E-state index in [-0.39, 0.29) is 11.8 Å². The van der Waals surface area contributed by atoms with E-state index in [9.17, 15) is 4.79 Å². The molecular formula is C20H27N5O. The predicted molar refractivity (Wildman–Crippen MR) is 103 cm³/mol. The SMILES string of the molecule is Cc1cc(CNC(=O)C(C)Cn2nc(C)nc2C)c2[nH]c(C)c(C)c2c1. The van der Waals surface area contributed by atoms with Crippen LogP contribution in [0.15, 0.2) is 12.1 Å². The number of aryl methyl sites for hydroxylation is 5. The monoisotopic (exact) mass is 353 g/mol. The Balaban J connectivity index is 1.72. The van der Waals surface area contributed by atoms with Gasteiger partial charge in [-0.15, -0.1) is 0 Å². The lowest BCUT2D eigenvalue weighted by Gasteiger charge is -2.14. The van der Waals surface area contributed by atoms with E-state index in [1.54, 1.807) is 4.68 Å². The van der Waals surface area contributed by atoms with Crippen molar-refractivity contribution in [2.45, 2.75) is 54.6 Å². The summed E-state index contributed by atoms with van der Waals surface area (Å²) in [7, 11) is 0. The largest absolute Gasteiger partial charge is 0.358 e. The summed E-state index contributed by atoms with van der Waals surface area (Å²) < 4.78 is 1.79. The number of rotatable bonds is 5. The van der Waals surface area contributed by atoms with Gasteiger partial charge in [-0.3, -0.25) is 4.79 Å². The second-order valence-electron chi connectivity index (χ2n) is 7.23. The molecule has 3 rings (SSSR count). The first-order valence-electron chi connectivity index (χ1n) is 9.00. The van der Waals surface area contributed by atoms with Crippen LogP contribution < -0.4 is 5.32 Å². The summed E-state index contributed by atoms with van der Waals surface area (Å²) >= 11 is 0. The third-order valence-electron chi connectivity index (χ3n) is 4.95. The van der Waals surface area contributed by atoms with Crippen molar-refractivity contribution >= 4 is 16.8 Å². The van der Waals surface area contributed by atoms with Crippen molar-refractivity contribution in [2.75, 3.05) is 0 Å². The zero-order valence-electron chi connectivity index (χ0n) is 16.4. The number of aromatic amines is 1. The Labute approximate surface area is 154 Å². The number of H-pyrrole nitrogens is 1. The fourth-order valence-corrected chi connectivity index (χ4v) is 3.36. The molecule has 0 bridgehead atoms. The molecule has 0 radical (unpaired) electrons. The van der Waals surface area contributed by atoms with E-state index in [1.807, 2.05) is 20.8 Å². The average molecular weight is 353 g/mol. The van der Waals surface area contributed by atoms with Crippen molar-refractivity contribution in [2.24, 2.45) is 5.92 Å². The molecule has 0 fully saturated rings. The number of benzene rings is 1. The first kappa shape index (κ1) is 18.2. The summed E-state index contributed by atoms with van der Waals surface area (Å²) in [5, 5.41) is 8.64. The third kappa shape index (κ3) is 3.49. The minimum absolute atomic E-state index is 0.0206. The highest BCUT2D eigenvalue weighted by Crippen LogP contribution is 2.26. The van der Waals surface area contributed by atoms with E-state index in [4.69, 9.17) is 0 Å². The van der Waals surface area contributed by atoms with E-state index in [2.05, 4.69) is 53.3 Å². The highest BCUT2D eigenvalue weighted by molar-refractivity contribution is 5.88. The third-order valence-corrected chi connectivity index (χ3v) is 4.95. The first-order valence-corrected chi connectivity index (χ1v) is 9.00. The second kappa shape index (κ2) is 6.94. The predicted octanol–water partition coefficient (Wildman–Crippen LogP) is 3.25. The smallest absolute Gasteiger partial charge is 0.224 e. The molecule has 6 heteroatoms. The molecule has 138 valence electrons. The van der Waals surface area contributed by atoms with Gasteiger partial charge < -0.3 is 10.3 Å². The van der Waals surface area contributed by atoms with E-state index in [0.717, 1.165) is 22.7 Å². The molecule has 0 aliphatic carbocycles. The standard InChI is InChI=1S/C20H27N5O/c1-11-7-17(19-18(8-11)13(3)14(4)22-19)9-21-20(26)12(2)10-25-16(6)23-15(5)24-25/h7-8,12,22H,9-10H2,1-6H3,(H,21,26). The van der Waals surface area contributed by atoms with Gasteiger partial charge in [0.1, 0.15) is 11.6 Å². The Hall–Kier alpha value is -2.63. The Kier molecular flexibility index (Phi) is 4.85. The van der Waals surface area contributed by atoms with Crippen LogP contribution in [0.2, 0.25) is 0 Å². The topological polar surface area (TPSA) is 75.6 Å². The number of amides is 1. The number of hydrogen-bond acceptors (Lipinski definition) is 3. The lowest BCUT2D eigenvalue weighted by molar-refractivity contribution is -0.125. The fourth-order valence-electron chi connectivity index (χ4n) is 3.36. The van der Waals surface area contributed by atoms with Crippen molar-refractivity contribution in [3.8, 4) is 0 Å². The van der Waals surface area contributed by atoms with Gasteiger partial charge in [0.15, 0.2) is 0 Å². The molecule has 0 saturated heterocycles. The zero-order valence-corrected chi connectivity index (χ0v) is 16.4. The molecule has 3 aromatic rings. The Bertz CT molecular complexity index is 966. The molecule has 0 saturated carbocycles. The molecule has 0 aliphatic rings. The van der Waals surface area contributed by atoms with Crippen LogP contribution >= 0.6 is 0 Å². The van der Waals surface area contributed by atoms with Crippen LogP contribution in [0.5, 0.6) is 0 Å². The molecule has 6 nitrogen and oxygen atoms in total. The number of nitrogens with one attached hydrogen (secondary N) is 2. The number of fused-ring (bicyclic) bond motifs is 1. The molecule has 1 aromatic carbocycles. The maximum atomic E-state index is 12.5. The fraction of sp³-hybridized carbons (Fsp3) is 0.450. The number of carbonyl (C=O) groups excluding carboxylic acids is 1. The van der Waals surface area contributed by atoms with Gasteiger partial charge in [-0.1, -0.05) is 18.6 Å². The van der Waals surface area contributed by atoms with E-state index in [1.165, 1.54) is 22.2 Å². The van der Waals surface area contributed by atoms with Crippen LogP contribution in [0.25, 0.3) is 10.9 Å². The summed E-state index contributed by atoms with van der Waals surface area (Å²) in [5.41, 5.74) is 5.86. The van der Waals surface area contributed by atoms with Crippen molar-refractivity contribution in [3.63, 3.8) is 0 Å². The summed E-state index contributed by atoms with van der Waals surface area (Å²) in [6.45, 7) is 13.0. The van der Waals surface area contributed by atoms with Crippen LogP contribution in [0, 0.1) is 40.5 Å². The van der Waals surface area contributed by atoms with Gasteiger partial charge in [-0.05, 0) is 51.8 Å². The molecule has 2 N–H and O–H groups in total. The minimum atomic E-state index is -0.179.